The van der Waals surface area contributed by atoms with Crippen molar-refractivity contribution in [3.05, 3.63) is 16.1 Å². The normalized spacial score (nSPS) is 13.7. The molecule has 0 aliphatic carbocycles. The molecular formula is C6H9NS2. The Morgan fingerprint density at radius 1 is 1.78 bits per heavy atom. The van der Waals surface area contributed by atoms with E-state index in [-0.39, 0.29) is 5.25 Å². The van der Waals surface area contributed by atoms with Gasteiger partial charge in [-0.1, -0.05) is 0 Å². The Balaban J connectivity index is 2.85. The number of thiazole rings is 1. The Kier molecular flexibility index (Phi) is 2.13. The Hall–Kier alpha value is -0.0200. The highest BCUT2D eigenvalue weighted by molar-refractivity contribution is 7.80. The maximum Gasteiger partial charge on any atom is 0.0897 e. The van der Waals surface area contributed by atoms with Crippen LogP contribution in [-0.2, 0) is 0 Å². The van der Waals surface area contributed by atoms with Crippen LogP contribution in [-0.4, -0.2) is 4.98 Å². The molecule has 1 atom stereocenters. The van der Waals surface area contributed by atoms with Crippen LogP contribution in [0.4, 0.5) is 0 Å². The second-order valence-electron chi connectivity index (χ2n) is 1.97. The van der Waals surface area contributed by atoms with Crippen molar-refractivity contribution in [1.29, 1.82) is 0 Å². The van der Waals surface area contributed by atoms with Gasteiger partial charge in [-0.2, -0.15) is 12.6 Å². The van der Waals surface area contributed by atoms with Crippen LogP contribution in [0.1, 0.15) is 22.9 Å². The third-order valence-electron chi connectivity index (χ3n) is 1.06. The predicted octanol–water partition coefficient (Wildman–Crippen LogP) is 2.44. The number of aryl methyl sites for hydroxylation is 1. The molecule has 50 valence electrons. The Labute approximate surface area is 64.5 Å². The van der Waals surface area contributed by atoms with Crippen LogP contribution < -0.4 is 0 Å². The molecule has 0 amide bonds. The topological polar surface area (TPSA) is 12.9 Å². The van der Waals surface area contributed by atoms with E-state index in [0.29, 0.717) is 0 Å². The SMILES string of the molecule is Cc1nc(C(C)S)cs1. The van der Waals surface area contributed by atoms with E-state index in [1.165, 1.54) is 0 Å². The molecule has 0 saturated heterocycles. The summed E-state index contributed by atoms with van der Waals surface area (Å²) in [6.07, 6.45) is 0. The van der Waals surface area contributed by atoms with Crippen molar-refractivity contribution in [3.8, 4) is 0 Å². The highest BCUT2D eigenvalue weighted by Crippen LogP contribution is 2.19. The number of hydrogen-bond donors (Lipinski definition) is 1. The molecule has 1 rings (SSSR count). The summed E-state index contributed by atoms with van der Waals surface area (Å²) in [6.45, 7) is 4.03. The predicted molar refractivity (Wildman–Crippen MR) is 44.3 cm³/mol. The molecule has 1 nitrogen and oxygen atoms in total. The zero-order valence-corrected chi connectivity index (χ0v) is 7.17. The molecule has 0 N–H and O–H groups in total. The molecule has 1 aromatic heterocycles. The number of nitrogens with zero attached hydrogens (tertiary/aromatic N) is 1. The molecule has 0 radical (unpaired) electrons. The molecule has 1 heterocycles. The maximum absolute atomic E-state index is 4.25. The second kappa shape index (κ2) is 2.71. The first kappa shape index (κ1) is 7.09. The Bertz CT molecular complexity index is 193. The summed E-state index contributed by atoms with van der Waals surface area (Å²) in [7, 11) is 0. The van der Waals surface area contributed by atoms with Gasteiger partial charge in [0.15, 0.2) is 0 Å². The van der Waals surface area contributed by atoms with Crippen LogP contribution in [0.5, 0.6) is 0 Å². The molecule has 0 aromatic carbocycles. The van der Waals surface area contributed by atoms with Crippen LogP contribution in [0.15, 0.2) is 5.38 Å². The van der Waals surface area contributed by atoms with Crippen molar-refractivity contribution in [1.82, 2.24) is 4.98 Å². The number of hydrogen-bond acceptors (Lipinski definition) is 3. The van der Waals surface area contributed by atoms with Gasteiger partial charge in [-0.15, -0.1) is 11.3 Å². The standard InChI is InChI=1S/C6H9NS2/c1-4(8)6-3-9-5(2)7-6/h3-4,8H,1-2H3. The molecule has 9 heavy (non-hydrogen) atoms. The smallest absolute Gasteiger partial charge is 0.0897 e. The summed E-state index contributed by atoms with van der Waals surface area (Å²) in [5.41, 5.74) is 1.08. The lowest BCUT2D eigenvalue weighted by atomic mass is 10.4. The van der Waals surface area contributed by atoms with Gasteiger partial charge >= 0.3 is 0 Å². The molecule has 1 aromatic rings. The molecule has 1 unspecified atom stereocenters. The van der Waals surface area contributed by atoms with Gasteiger partial charge in [0.25, 0.3) is 0 Å². The summed E-state index contributed by atoms with van der Waals surface area (Å²) >= 11 is 5.92. The summed E-state index contributed by atoms with van der Waals surface area (Å²) in [5, 5.41) is 3.44. The Morgan fingerprint density at radius 3 is 2.67 bits per heavy atom. The first-order valence-corrected chi connectivity index (χ1v) is 4.20. The van der Waals surface area contributed by atoms with Gasteiger partial charge in [-0.25, -0.2) is 4.98 Å². The quantitative estimate of drug-likeness (QED) is 0.621. The average Bonchev–Trinajstić information content (AvgIpc) is 2.14. The van der Waals surface area contributed by atoms with E-state index in [9.17, 15) is 0 Å². The van der Waals surface area contributed by atoms with Crippen molar-refractivity contribution in [2.45, 2.75) is 19.1 Å². The van der Waals surface area contributed by atoms with E-state index < -0.39 is 0 Å². The zero-order valence-electron chi connectivity index (χ0n) is 5.46. The summed E-state index contributed by atoms with van der Waals surface area (Å²) in [5.74, 6) is 0. The fraction of sp³-hybridized carbons (Fsp3) is 0.500. The van der Waals surface area contributed by atoms with Crippen LogP contribution in [0.25, 0.3) is 0 Å². The van der Waals surface area contributed by atoms with Gasteiger partial charge < -0.3 is 0 Å². The minimum Gasteiger partial charge on any atom is -0.245 e. The minimum atomic E-state index is 0.273. The summed E-state index contributed by atoms with van der Waals surface area (Å²) < 4.78 is 0. The molecular weight excluding hydrogens is 150 g/mol. The van der Waals surface area contributed by atoms with Gasteiger partial charge in [0.2, 0.25) is 0 Å². The van der Waals surface area contributed by atoms with E-state index >= 15 is 0 Å². The van der Waals surface area contributed by atoms with Crippen molar-refractivity contribution in [2.24, 2.45) is 0 Å². The van der Waals surface area contributed by atoms with Crippen molar-refractivity contribution in [3.63, 3.8) is 0 Å². The molecule has 0 fully saturated rings. The van der Waals surface area contributed by atoms with Gasteiger partial charge in [-0.3, -0.25) is 0 Å². The van der Waals surface area contributed by atoms with E-state index in [4.69, 9.17) is 0 Å². The number of rotatable bonds is 1. The monoisotopic (exact) mass is 159 g/mol. The van der Waals surface area contributed by atoms with E-state index in [1.807, 2.05) is 19.2 Å². The lowest BCUT2D eigenvalue weighted by Gasteiger charge is -1.94. The molecule has 0 spiro atoms. The van der Waals surface area contributed by atoms with Gasteiger partial charge in [0.05, 0.1) is 10.7 Å². The van der Waals surface area contributed by atoms with Crippen LogP contribution in [0.2, 0.25) is 0 Å². The lowest BCUT2D eigenvalue weighted by Crippen LogP contribution is -1.82. The molecule has 0 saturated carbocycles. The molecule has 3 heteroatoms. The maximum atomic E-state index is 4.25. The van der Waals surface area contributed by atoms with Crippen molar-refractivity contribution < 1.29 is 0 Å². The van der Waals surface area contributed by atoms with E-state index in [1.54, 1.807) is 11.3 Å². The van der Waals surface area contributed by atoms with E-state index in [0.717, 1.165) is 10.7 Å². The lowest BCUT2D eigenvalue weighted by molar-refractivity contribution is 1.02. The fourth-order valence-corrected chi connectivity index (χ4v) is 1.51. The van der Waals surface area contributed by atoms with Crippen molar-refractivity contribution >= 4 is 24.0 Å². The fourth-order valence-electron chi connectivity index (χ4n) is 0.572. The Morgan fingerprint density at radius 2 is 2.44 bits per heavy atom. The third-order valence-corrected chi connectivity index (χ3v) is 2.12. The van der Waals surface area contributed by atoms with Crippen molar-refractivity contribution in [2.75, 3.05) is 0 Å². The highest BCUT2D eigenvalue weighted by Gasteiger charge is 2.01. The van der Waals surface area contributed by atoms with Gasteiger partial charge in [-0.05, 0) is 13.8 Å². The van der Waals surface area contributed by atoms with E-state index in [2.05, 4.69) is 17.6 Å². The largest absolute Gasteiger partial charge is 0.245 e. The first-order chi connectivity index (χ1) is 4.20. The summed E-state index contributed by atoms with van der Waals surface area (Å²) in [4.78, 5) is 4.25. The van der Waals surface area contributed by atoms with Crippen LogP contribution >= 0.6 is 24.0 Å². The van der Waals surface area contributed by atoms with Gasteiger partial charge in [0, 0.05) is 10.6 Å². The second-order valence-corrected chi connectivity index (χ2v) is 3.80. The molecule has 0 bridgehead atoms. The highest BCUT2D eigenvalue weighted by atomic mass is 32.1. The molecule has 0 aliphatic rings. The van der Waals surface area contributed by atoms with Crippen LogP contribution in [0.3, 0.4) is 0 Å². The molecule has 0 aliphatic heterocycles. The summed E-state index contributed by atoms with van der Waals surface area (Å²) in [6, 6.07) is 0. The zero-order chi connectivity index (χ0) is 6.85. The van der Waals surface area contributed by atoms with Crippen LogP contribution in [0, 0.1) is 6.92 Å². The first-order valence-electron chi connectivity index (χ1n) is 2.80. The number of thiol groups is 1. The minimum absolute atomic E-state index is 0.273. The third kappa shape index (κ3) is 1.69. The average molecular weight is 159 g/mol. The number of aromatic nitrogens is 1. The van der Waals surface area contributed by atoms with Gasteiger partial charge in [0.1, 0.15) is 0 Å².